The van der Waals surface area contributed by atoms with Gasteiger partial charge >= 0.3 is 0 Å². The molecule has 0 N–H and O–H groups in total. The number of hydrogen-bond donors (Lipinski definition) is 0. The summed E-state index contributed by atoms with van der Waals surface area (Å²) in [7, 11) is 0. The molecule has 5 nitrogen and oxygen atoms in total. The summed E-state index contributed by atoms with van der Waals surface area (Å²) < 4.78 is 0. The minimum Gasteiger partial charge on any atom is -0.368 e. The van der Waals surface area contributed by atoms with Crippen LogP contribution in [-0.4, -0.2) is 43.6 Å². The molecule has 0 radical (unpaired) electrons. The zero-order valence-corrected chi connectivity index (χ0v) is 18.5. The van der Waals surface area contributed by atoms with E-state index in [1.807, 2.05) is 11.3 Å². The Balaban J connectivity index is 1.36. The number of piperazine rings is 1. The molecule has 0 spiro atoms. The van der Waals surface area contributed by atoms with E-state index in [1.165, 1.54) is 16.9 Å². The van der Waals surface area contributed by atoms with Gasteiger partial charge in [-0.25, -0.2) is 5.01 Å². The number of hydrogen-bond acceptors (Lipinski definition) is 5. The summed E-state index contributed by atoms with van der Waals surface area (Å²) in [6.07, 6.45) is 4.00. The Morgan fingerprint density at radius 2 is 1.33 bits per heavy atom. The first-order chi connectivity index (χ1) is 14.6. The van der Waals surface area contributed by atoms with Crippen LogP contribution in [0.5, 0.6) is 0 Å². The lowest BCUT2D eigenvalue weighted by atomic mass is 10.1. The molecule has 2 aromatic carbocycles. The van der Waals surface area contributed by atoms with Crippen molar-refractivity contribution in [2.45, 2.75) is 39.7 Å². The summed E-state index contributed by atoms with van der Waals surface area (Å²) in [6, 6.07) is 18.1. The van der Waals surface area contributed by atoms with Crippen molar-refractivity contribution in [3.05, 3.63) is 66.5 Å². The topological polar surface area (TPSA) is 25.3 Å². The maximum atomic E-state index is 4.52. The smallest absolute Gasteiger partial charge is 0.128 e. The lowest BCUT2D eigenvalue weighted by Crippen LogP contribution is -2.46. The quantitative estimate of drug-likeness (QED) is 0.684. The Bertz CT molecular complexity index is 879. The first kappa shape index (κ1) is 20.3. The van der Waals surface area contributed by atoms with E-state index in [2.05, 4.69) is 95.7 Å². The lowest BCUT2D eigenvalue weighted by molar-refractivity contribution is 0.286. The largest absolute Gasteiger partial charge is 0.368 e. The van der Waals surface area contributed by atoms with E-state index < -0.39 is 0 Å². The van der Waals surface area contributed by atoms with Gasteiger partial charge in [0.15, 0.2) is 0 Å². The van der Waals surface area contributed by atoms with Gasteiger partial charge in [-0.2, -0.15) is 5.10 Å². The SMILES string of the molecule is C=C1N(c2ccc(N3CCN(c4ccc(CC)cc4)CC3)cc2)C=NN1C(C)CC. The van der Waals surface area contributed by atoms with E-state index in [9.17, 15) is 0 Å². The van der Waals surface area contributed by atoms with Crippen molar-refractivity contribution < 1.29 is 0 Å². The molecule has 0 aromatic heterocycles. The standard InChI is InChI=1S/C25H33N5/c1-5-20(3)30-21(4)29(19-26-30)25-13-11-24(12-14-25)28-17-15-27(16-18-28)23-9-7-22(6-2)8-10-23/h7-14,19-20H,4-6,15-18H2,1-3H3. The van der Waals surface area contributed by atoms with Gasteiger partial charge in [0.2, 0.25) is 0 Å². The van der Waals surface area contributed by atoms with Crippen LogP contribution in [0.15, 0.2) is 66.0 Å². The fourth-order valence-corrected chi connectivity index (χ4v) is 4.10. The zero-order chi connectivity index (χ0) is 21.1. The molecule has 1 fully saturated rings. The molecular weight excluding hydrogens is 370 g/mol. The second kappa shape index (κ2) is 8.82. The van der Waals surface area contributed by atoms with Crippen molar-refractivity contribution in [2.75, 3.05) is 40.9 Å². The van der Waals surface area contributed by atoms with Crippen molar-refractivity contribution in [1.29, 1.82) is 0 Å². The van der Waals surface area contributed by atoms with Gasteiger partial charge in [-0.3, -0.25) is 4.90 Å². The monoisotopic (exact) mass is 403 g/mol. The van der Waals surface area contributed by atoms with Crippen LogP contribution in [0.25, 0.3) is 0 Å². The fraction of sp³-hybridized carbons (Fsp3) is 0.400. The third-order valence-electron chi connectivity index (χ3n) is 6.32. The van der Waals surface area contributed by atoms with Gasteiger partial charge in [0.25, 0.3) is 0 Å². The highest BCUT2D eigenvalue weighted by Gasteiger charge is 2.24. The minimum absolute atomic E-state index is 0.354. The molecule has 4 rings (SSSR count). The summed E-state index contributed by atoms with van der Waals surface area (Å²) in [6.45, 7) is 14.9. The molecule has 0 aliphatic carbocycles. The zero-order valence-electron chi connectivity index (χ0n) is 18.5. The molecule has 1 saturated heterocycles. The number of rotatable bonds is 6. The minimum atomic E-state index is 0.354. The molecule has 1 unspecified atom stereocenters. The summed E-state index contributed by atoms with van der Waals surface area (Å²) in [5, 5.41) is 6.52. The van der Waals surface area contributed by atoms with Gasteiger partial charge in [-0.05, 0) is 61.7 Å². The van der Waals surface area contributed by atoms with Crippen molar-refractivity contribution in [2.24, 2.45) is 5.10 Å². The molecular formula is C25H33N5. The molecule has 2 aromatic rings. The van der Waals surface area contributed by atoms with Crippen molar-refractivity contribution in [3.63, 3.8) is 0 Å². The Hall–Kier alpha value is -2.95. The number of anilines is 3. The molecule has 0 saturated carbocycles. The van der Waals surface area contributed by atoms with Gasteiger partial charge in [0, 0.05) is 43.2 Å². The van der Waals surface area contributed by atoms with Crippen LogP contribution in [-0.2, 0) is 6.42 Å². The molecule has 1 atom stereocenters. The highest BCUT2D eigenvalue weighted by molar-refractivity contribution is 5.85. The Labute approximate surface area is 180 Å². The predicted molar refractivity (Wildman–Crippen MR) is 128 cm³/mol. The highest BCUT2D eigenvalue weighted by Crippen LogP contribution is 2.28. The van der Waals surface area contributed by atoms with Crippen LogP contribution in [0, 0.1) is 0 Å². The summed E-state index contributed by atoms with van der Waals surface area (Å²) >= 11 is 0. The average Bonchev–Trinajstić information content (AvgIpc) is 3.20. The molecule has 2 heterocycles. The number of nitrogens with zero attached hydrogens (tertiary/aromatic N) is 5. The first-order valence-corrected chi connectivity index (χ1v) is 11.1. The molecule has 0 bridgehead atoms. The summed E-state index contributed by atoms with van der Waals surface area (Å²) in [5.41, 5.74) is 5.11. The predicted octanol–water partition coefficient (Wildman–Crippen LogP) is 4.91. The first-order valence-electron chi connectivity index (χ1n) is 11.1. The van der Waals surface area contributed by atoms with Crippen molar-refractivity contribution in [1.82, 2.24) is 5.01 Å². The van der Waals surface area contributed by atoms with Crippen LogP contribution in [0.1, 0.15) is 32.8 Å². The molecule has 158 valence electrons. The van der Waals surface area contributed by atoms with Gasteiger partial charge in [0.05, 0.1) is 6.04 Å². The maximum absolute atomic E-state index is 4.52. The van der Waals surface area contributed by atoms with E-state index >= 15 is 0 Å². The van der Waals surface area contributed by atoms with Gasteiger partial charge < -0.3 is 9.80 Å². The van der Waals surface area contributed by atoms with Crippen LogP contribution in [0.3, 0.4) is 0 Å². The van der Waals surface area contributed by atoms with E-state index in [1.54, 1.807) is 0 Å². The van der Waals surface area contributed by atoms with Crippen molar-refractivity contribution >= 4 is 23.4 Å². The van der Waals surface area contributed by atoms with E-state index in [4.69, 9.17) is 0 Å². The average molecular weight is 404 g/mol. The number of aryl methyl sites for hydroxylation is 1. The lowest BCUT2D eigenvalue weighted by Gasteiger charge is -2.37. The molecule has 2 aliphatic heterocycles. The summed E-state index contributed by atoms with van der Waals surface area (Å²) in [5.74, 6) is 0.916. The highest BCUT2D eigenvalue weighted by atomic mass is 15.6. The normalized spacial score (nSPS) is 17.8. The molecule has 5 heteroatoms. The molecule has 0 amide bonds. The van der Waals surface area contributed by atoms with Gasteiger partial charge in [-0.15, -0.1) is 0 Å². The molecule has 2 aliphatic rings. The molecule has 30 heavy (non-hydrogen) atoms. The van der Waals surface area contributed by atoms with Crippen LogP contribution in [0.4, 0.5) is 17.1 Å². The van der Waals surface area contributed by atoms with Crippen LogP contribution in [0.2, 0.25) is 0 Å². The van der Waals surface area contributed by atoms with Crippen LogP contribution >= 0.6 is 0 Å². The van der Waals surface area contributed by atoms with Gasteiger partial charge in [-0.1, -0.05) is 32.6 Å². The Morgan fingerprint density at radius 1 is 0.833 bits per heavy atom. The van der Waals surface area contributed by atoms with Gasteiger partial charge in [0.1, 0.15) is 12.2 Å². The third-order valence-corrected chi connectivity index (χ3v) is 6.32. The van der Waals surface area contributed by atoms with E-state index in [0.29, 0.717) is 6.04 Å². The Morgan fingerprint density at radius 3 is 1.83 bits per heavy atom. The second-order valence-electron chi connectivity index (χ2n) is 8.13. The maximum Gasteiger partial charge on any atom is 0.128 e. The number of benzene rings is 2. The van der Waals surface area contributed by atoms with Crippen molar-refractivity contribution in [3.8, 4) is 0 Å². The number of hydrazone groups is 1. The Kier molecular flexibility index (Phi) is 5.98. The van der Waals surface area contributed by atoms with E-state index in [0.717, 1.165) is 50.5 Å². The third kappa shape index (κ3) is 4.02. The summed E-state index contributed by atoms with van der Waals surface area (Å²) in [4.78, 5) is 7.02. The second-order valence-corrected chi connectivity index (χ2v) is 8.13. The fourth-order valence-electron chi connectivity index (χ4n) is 4.10. The van der Waals surface area contributed by atoms with Crippen LogP contribution < -0.4 is 14.7 Å². The van der Waals surface area contributed by atoms with E-state index in [-0.39, 0.29) is 0 Å².